The van der Waals surface area contributed by atoms with E-state index in [0.29, 0.717) is 5.56 Å². The van der Waals surface area contributed by atoms with Crippen molar-refractivity contribution >= 4 is 23.2 Å². The Labute approximate surface area is 98.8 Å². The fourth-order valence-corrected chi connectivity index (χ4v) is 1.15. The Kier molecular flexibility index (Phi) is 3.95. The average molecular weight is 241 g/mol. The van der Waals surface area contributed by atoms with E-state index in [9.17, 15) is 9.18 Å². The van der Waals surface area contributed by atoms with Crippen LogP contribution in [0.2, 0.25) is 0 Å². The van der Waals surface area contributed by atoms with Gasteiger partial charge in [-0.15, -0.1) is 0 Å². The van der Waals surface area contributed by atoms with Crippen LogP contribution in [0.1, 0.15) is 17.3 Å². The molecule has 1 aromatic rings. The van der Waals surface area contributed by atoms with Gasteiger partial charge in [-0.25, -0.2) is 4.39 Å². The first-order valence-electron chi connectivity index (χ1n) is 4.61. The molecular weight excluding hydrogens is 229 g/mol. The lowest BCUT2D eigenvalue weighted by Crippen LogP contribution is -2.25. The van der Waals surface area contributed by atoms with Gasteiger partial charge in [0.05, 0.1) is 5.56 Å². The molecule has 16 heavy (non-hydrogen) atoms. The lowest BCUT2D eigenvalue weighted by molar-refractivity contribution is 0.101. The highest BCUT2D eigenvalue weighted by Crippen LogP contribution is 2.21. The van der Waals surface area contributed by atoms with Crippen molar-refractivity contribution in [2.45, 2.75) is 6.92 Å². The summed E-state index contributed by atoms with van der Waals surface area (Å²) in [6, 6.07) is 3.74. The van der Waals surface area contributed by atoms with Crippen molar-refractivity contribution in [1.82, 2.24) is 4.90 Å². The van der Waals surface area contributed by atoms with Crippen LogP contribution in [-0.4, -0.2) is 30.0 Å². The molecule has 0 aromatic heterocycles. The molecule has 0 aliphatic carbocycles. The van der Waals surface area contributed by atoms with E-state index >= 15 is 0 Å². The summed E-state index contributed by atoms with van der Waals surface area (Å²) in [5, 5.41) is 0.174. The number of ketones is 1. The van der Waals surface area contributed by atoms with Crippen LogP contribution >= 0.6 is 12.2 Å². The minimum atomic E-state index is -0.471. The van der Waals surface area contributed by atoms with Crippen molar-refractivity contribution in [3.05, 3.63) is 29.6 Å². The SMILES string of the molecule is CC(=O)c1ccc(F)cc1OC(=S)N(C)C. The topological polar surface area (TPSA) is 29.5 Å². The summed E-state index contributed by atoms with van der Waals surface area (Å²) in [4.78, 5) is 12.8. The molecule has 1 rings (SSSR count). The molecule has 0 radical (unpaired) electrons. The molecule has 0 spiro atoms. The maximum Gasteiger partial charge on any atom is 0.264 e. The molecule has 0 heterocycles. The highest BCUT2D eigenvalue weighted by molar-refractivity contribution is 7.80. The molecule has 3 nitrogen and oxygen atoms in total. The molecule has 5 heteroatoms. The predicted octanol–water partition coefficient (Wildman–Crippen LogP) is 2.25. The van der Waals surface area contributed by atoms with Crippen LogP contribution in [0.25, 0.3) is 0 Å². The number of thiocarbonyl (C=S) groups is 1. The molecule has 0 aliphatic heterocycles. The third-order valence-electron chi connectivity index (χ3n) is 1.89. The number of hydrogen-bond donors (Lipinski definition) is 0. The van der Waals surface area contributed by atoms with Crippen molar-refractivity contribution in [2.24, 2.45) is 0 Å². The maximum atomic E-state index is 13.0. The third kappa shape index (κ3) is 3.00. The van der Waals surface area contributed by atoms with Gasteiger partial charge in [-0.1, -0.05) is 0 Å². The van der Waals surface area contributed by atoms with Gasteiger partial charge in [0.25, 0.3) is 5.17 Å². The Hall–Kier alpha value is -1.49. The van der Waals surface area contributed by atoms with Crippen molar-refractivity contribution in [1.29, 1.82) is 0 Å². The average Bonchev–Trinajstić information content (AvgIpc) is 2.16. The molecule has 0 amide bonds. The summed E-state index contributed by atoms with van der Waals surface area (Å²) in [7, 11) is 3.41. The number of halogens is 1. The van der Waals surface area contributed by atoms with Gasteiger partial charge in [-0.3, -0.25) is 4.79 Å². The number of benzene rings is 1. The number of Topliss-reactive ketones (excluding diaryl/α,β-unsaturated/α-hetero) is 1. The van der Waals surface area contributed by atoms with Gasteiger partial charge < -0.3 is 9.64 Å². The van der Waals surface area contributed by atoms with Crippen LogP contribution < -0.4 is 4.74 Å². The molecule has 0 saturated heterocycles. The lowest BCUT2D eigenvalue weighted by Gasteiger charge is -2.15. The van der Waals surface area contributed by atoms with E-state index in [1.165, 1.54) is 19.1 Å². The summed E-state index contributed by atoms with van der Waals surface area (Å²) >= 11 is 4.92. The van der Waals surface area contributed by atoms with E-state index < -0.39 is 5.82 Å². The van der Waals surface area contributed by atoms with E-state index in [1.54, 1.807) is 19.0 Å². The van der Waals surface area contributed by atoms with Crippen LogP contribution in [-0.2, 0) is 0 Å². The smallest absolute Gasteiger partial charge is 0.264 e. The van der Waals surface area contributed by atoms with E-state index in [1.807, 2.05) is 0 Å². The molecule has 0 saturated carbocycles. The molecular formula is C11H12FNO2S. The van der Waals surface area contributed by atoms with E-state index in [0.717, 1.165) is 6.07 Å². The molecule has 1 aromatic carbocycles. The van der Waals surface area contributed by atoms with E-state index in [4.69, 9.17) is 17.0 Å². The quantitative estimate of drug-likeness (QED) is 0.586. The molecule has 86 valence electrons. The van der Waals surface area contributed by atoms with Crippen LogP contribution in [0.15, 0.2) is 18.2 Å². The molecule has 0 unspecified atom stereocenters. The van der Waals surface area contributed by atoms with E-state index in [-0.39, 0.29) is 16.7 Å². The molecule has 0 bridgehead atoms. The first-order chi connectivity index (χ1) is 7.41. The fourth-order valence-electron chi connectivity index (χ4n) is 1.06. The minimum Gasteiger partial charge on any atom is -0.431 e. The van der Waals surface area contributed by atoms with Gasteiger partial charge >= 0.3 is 0 Å². The molecule has 0 N–H and O–H groups in total. The summed E-state index contributed by atoms with van der Waals surface area (Å²) in [5.41, 5.74) is 0.311. The van der Waals surface area contributed by atoms with Gasteiger partial charge in [-0.2, -0.15) is 0 Å². The first kappa shape index (κ1) is 12.6. The second-order valence-corrected chi connectivity index (χ2v) is 3.81. The Balaban J connectivity index is 3.06. The predicted molar refractivity (Wildman–Crippen MR) is 63.3 cm³/mol. The summed E-state index contributed by atoms with van der Waals surface area (Å²) in [6.45, 7) is 1.39. The second kappa shape index (κ2) is 5.03. The number of carbonyl (C=O) groups is 1. The van der Waals surface area contributed by atoms with Crippen molar-refractivity contribution in [3.8, 4) is 5.75 Å². The minimum absolute atomic E-state index is 0.145. The van der Waals surface area contributed by atoms with Gasteiger partial charge in [0, 0.05) is 20.2 Å². The zero-order valence-electron chi connectivity index (χ0n) is 9.28. The summed E-state index contributed by atoms with van der Waals surface area (Å²) < 4.78 is 18.3. The van der Waals surface area contributed by atoms with Crippen molar-refractivity contribution in [3.63, 3.8) is 0 Å². The second-order valence-electron chi connectivity index (χ2n) is 3.46. The molecule has 0 fully saturated rings. The lowest BCUT2D eigenvalue weighted by atomic mass is 10.1. The van der Waals surface area contributed by atoms with Crippen molar-refractivity contribution < 1.29 is 13.9 Å². The van der Waals surface area contributed by atoms with Gasteiger partial charge in [0.2, 0.25) is 0 Å². The Morgan fingerprint density at radius 3 is 2.56 bits per heavy atom. The number of nitrogens with zero attached hydrogens (tertiary/aromatic N) is 1. The number of ether oxygens (including phenoxy) is 1. The zero-order chi connectivity index (χ0) is 12.3. The Morgan fingerprint density at radius 1 is 1.44 bits per heavy atom. The van der Waals surface area contributed by atoms with Crippen LogP contribution in [0, 0.1) is 5.82 Å². The van der Waals surface area contributed by atoms with Crippen LogP contribution in [0.3, 0.4) is 0 Å². The van der Waals surface area contributed by atoms with Crippen molar-refractivity contribution in [2.75, 3.05) is 14.1 Å². The summed E-state index contributed by atoms with van der Waals surface area (Å²) in [5.74, 6) is -0.524. The Bertz CT molecular complexity index is 432. The largest absolute Gasteiger partial charge is 0.431 e. The van der Waals surface area contributed by atoms with Crippen LogP contribution in [0.4, 0.5) is 4.39 Å². The third-order valence-corrected chi connectivity index (χ3v) is 2.33. The van der Waals surface area contributed by atoms with Crippen LogP contribution in [0.5, 0.6) is 5.75 Å². The highest BCUT2D eigenvalue weighted by Gasteiger charge is 2.12. The van der Waals surface area contributed by atoms with Gasteiger partial charge in [0.15, 0.2) is 5.78 Å². The zero-order valence-corrected chi connectivity index (χ0v) is 10.1. The first-order valence-corrected chi connectivity index (χ1v) is 5.02. The Morgan fingerprint density at radius 2 is 2.06 bits per heavy atom. The number of carbonyl (C=O) groups excluding carboxylic acids is 1. The standard InChI is InChI=1S/C11H12FNO2S/c1-7(14)9-5-4-8(12)6-10(9)15-11(16)13(2)3/h4-6H,1-3H3. The molecule has 0 atom stereocenters. The fraction of sp³-hybridized carbons (Fsp3) is 0.273. The number of rotatable bonds is 2. The van der Waals surface area contributed by atoms with Gasteiger partial charge in [-0.05, 0) is 31.3 Å². The normalized spacial score (nSPS) is 9.75. The number of hydrogen-bond acceptors (Lipinski definition) is 3. The van der Waals surface area contributed by atoms with Gasteiger partial charge in [0.1, 0.15) is 11.6 Å². The maximum absolute atomic E-state index is 13.0. The molecule has 0 aliphatic rings. The summed E-state index contributed by atoms with van der Waals surface area (Å²) in [6.07, 6.45) is 0. The monoisotopic (exact) mass is 241 g/mol. The highest BCUT2D eigenvalue weighted by atomic mass is 32.1. The van der Waals surface area contributed by atoms with E-state index in [2.05, 4.69) is 0 Å².